The van der Waals surface area contributed by atoms with Gasteiger partial charge in [0, 0.05) is 35.3 Å². The molecule has 0 bridgehead atoms. The highest BCUT2D eigenvalue weighted by Crippen LogP contribution is 2.42. The van der Waals surface area contributed by atoms with Crippen LogP contribution in [-0.2, 0) is 11.2 Å². The summed E-state index contributed by atoms with van der Waals surface area (Å²) in [6.07, 6.45) is 12.2. The Balaban J connectivity index is 1.50. The fourth-order valence-electron chi connectivity index (χ4n) is 4.76. The number of nitrogens with zero attached hydrogens (tertiary/aromatic N) is 3. The second-order valence-electron chi connectivity index (χ2n) is 8.80. The monoisotopic (exact) mass is 481 g/mol. The number of anilines is 1. The van der Waals surface area contributed by atoms with Crippen LogP contribution in [0.3, 0.4) is 0 Å². The first-order valence-corrected chi connectivity index (χ1v) is 12.7. The van der Waals surface area contributed by atoms with Crippen LogP contribution < -0.4 is 4.90 Å². The van der Waals surface area contributed by atoms with E-state index in [0.717, 1.165) is 62.0 Å². The maximum atomic E-state index is 13.8. The molecule has 176 valence electrons. The number of amides is 1. The van der Waals surface area contributed by atoms with Crippen molar-refractivity contribution in [3.63, 3.8) is 0 Å². The summed E-state index contributed by atoms with van der Waals surface area (Å²) in [5, 5.41) is 0. The van der Waals surface area contributed by atoms with Crippen molar-refractivity contribution in [1.82, 2.24) is 0 Å². The third kappa shape index (κ3) is 4.30. The Labute approximate surface area is 209 Å². The number of carbonyl (C=O) groups is 2. The fourth-order valence-corrected chi connectivity index (χ4v) is 5.90. The highest BCUT2D eigenvalue weighted by atomic mass is 32.1. The van der Waals surface area contributed by atoms with Gasteiger partial charge < -0.3 is 4.90 Å². The Morgan fingerprint density at radius 3 is 2.69 bits per heavy atom. The van der Waals surface area contributed by atoms with Crippen LogP contribution in [0.1, 0.15) is 41.9 Å². The summed E-state index contributed by atoms with van der Waals surface area (Å²) < 4.78 is 0. The lowest BCUT2D eigenvalue weighted by atomic mass is 9.94. The van der Waals surface area contributed by atoms with Crippen LogP contribution in [0.25, 0.3) is 10.4 Å². The van der Waals surface area contributed by atoms with Crippen LogP contribution in [0.2, 0.25) is 0 Å². The third-order valence-electron chi connectivity index (χ3n) is 6.62. The van der Waals surface area contributed by atoms with Gasteiger partial charge in [-0.15, -0.1) is 11.3 Å². The topological polar surface area (TPSA) is 62.1 Å². The molecular formula is C29H27N3O2S. The van der Waals surface area contributed by atoms with E-state index in [1.807, 2.05) is 59.5 Å². The lowest BCUT2D eigenvalue weighted by molar-refractivity contribution is -0.115. The summed E-state index contributed by atoms with van der Waals surface area (Å²) in [5.41, 5.74) is 7.43. The Hall–Kier alpha value is -3.64. The van der Waals surface area contributed by atoms with Crippen molar-refractivity contribution in [3.05, 3.63) is 88.0 Å². The van der Waals surface area contributed by atoms with E-state index in [2.05, 4.69) is 18.0 Å². The molecule has 1 amide bonds. The summed E-state index contributed by atoms with van der Waals surface area (Å²) in [6.45, 7) is 4.20. The Morgan fingerprint density at radius 2 is 1.89 bits per heavy atom. The van der Waals surface area contributed by atoms with Crippen LogP contribution in [0.4, 0.5) is 5.69 Å². The van der Waals surface area contributed by atoms with E-state index in [0.29, 0.717) is 18.7 Å². The van der Waals surface area contributed by atoms with E-state index in [1.54, 1.807) is 14.0 Å². The second kappa shape index (κ2) is 9.55. The Bertz CT molecular complexity index is 1420. The van der Waals surface area contributed by atoms with E-state index in [9.17, 15) is 9.59 Å². The maximum absolute atomic E-state index is 13.8. The second-order valence-corrected chi connectivity index (χ2v) is 9.85. The molecule has 0 atom stereocenters. The molecule has 0 spiro atoms. The zero-order valence-electron chi connectivity index (χ0n) is 20.2. The molecule has 3 heterocycles. The molecule has 3 aliphatic rings. The first-order valence-electron chi connectivity index (χ1n) is 11.8. The van der Waals surface area contributed by atoms with Crippen LogP contribution >= 0.6 is 11.3 Å². The van der Waals surface area contributed by atoms with Crippen molar-refractivity contribution in [2.75, 3.05) is 18.5 Å². The molecule has 0 saturated heterocycles. The number of ketones is 1. The number of hydrogen-bond donors (Lipinski definition) is 0. The van der Waals surface area contributed by atoms with Gasteiger partial charge in [-0.3, -0.25) is 14.6 Å². The van der Waals surface area contributed by atoms with Crippen molar-refractivity contribution in [2.45, 2.75) is 33.1 Å². The number of carbonyl (C=O) groups excluding carboxylic acids is 2. The molecule has 0 unspecified atom stereocenters. The number of fused-ring (bicyclic) bond motifs is 3. The average molecular weight is 482 g/mol. The van der Waals surface area contributed by atoms with E-state index >= 15 is 0 Å². The van der Waals surface area contributed by atoms with Crippen LogP contribution in [0.5, 0.6) is 0 Å². The summed E-state index contributed by atoms with van der Waals surface area (Å²) >= 11 is 1.51. The number of allylic oxidation sites excluding steroid dienone is 7. The Morgan fingerprint density at radius 1 is 1.09 bits per heavy atom. The van der Waals surface area contributed by atoms with Gasteiger partial charge in [0.2, 0.25) is 0 Å². The molecule has 0 N–H and O–H groups in total. The Kier molecular flexibility index (Phi) is 6.31. The molecule has 1 aromatic heterocycles. The van der Waals surface area contributed by atoms with Crippen molar-refractivity contribution < 1.29 is 9.59 Å². The van der Waals surface area contributed by atoms with Gasteiger partial charge in [-0.1, -0.05) is 42.5 Å². The largest absolute Gasteiger partial charge is 0.306 e. The molecule has 0 saturated carbocycles. The molecule has 5 rings (SSSR count). The first-order chi connectivity index (χ1) is 17.0. The van der Waals surface area contributed by atoms with Crippen molar-refractivity contribution in [1.29, 1.82) is 0 Å². The molecule has 0 fully saturated rings. The summed E-state index contributed by atoms with van der Waals surface area (Å²) in [4.78, 5) is 38.7. The highest BCUT2D eigenvalue weighted by molar-refractivity contribution is 7.17. The number of benzene rings is 1. The van der Waals surface area contributed by atoms with Gasteiger partial charge >= 0.3 is 0 Å². The minimum Gasteiger partial charge on any atom is -0.306 e. The predicted octanol–water partition coefficient (Wildman–Crippen LogP) is 6.14. The van der Waals surface area contributed by atoms with Gasteiger partial charge in [0.1, 0.15) is 5.70 Å². The zero-order chi connectivity index (χ0) is 24.5. The van der Waals surface area contributed by atoms with Crippen molar-refractivity contribution in [3.8, 4) is 10.4 Å². The van der Waals surface area contributed by atoms with Gasteiger partial charge in [-0.25, -0.2) is 4.99 Å². The molecule has 0 radical (unpaired) electrons. The molecule has 1 aliphatic carbocycles. The number of rotatable bonds is 3. The average Bonchev–Trinajstić information content (AvgIpc) is 3.26. The number of hydrogen-bond acceptors (Lipinski definition) is 5. The normalized spacial score (nSPS) is 19.5. The van der Waals surface area contributed by atoms with E-state index in [-0.39, 0.29) is 11.7 Å². The number of thiophene rings is 1. The molecule has 35 heavy (non-hydrogen) atoms. The van der Waals surface area contributed by atoms with Crippen LogP contribution in [0.15, 0.2) is 87.5 Å². The SMILES string of the molecule is CN=C1C=CC=C/C1=C(/C)C1=NC(C(=O)N2CCc3cc(C(C)=O)sc3-c3ccccc32)=CCC1. The quantitative estimate of drug-likeness (QED) is 0.495. The van der Waals surface area contributed by atoms with Gasteiger partial charge in [0.15, 0.2) is 5.78 Å². The van der Waals surface area contributed by atoms with E-state index < -0.39 is 0 Å². The number of para-hydroxylation sites is 1. The predicted molar refractivity (Wildman–Crippen MR) is 145 cm³/mol. The first kappa shape index (κ1) is 23.1. The molecule has 2 aliphatic heterocycles. The lowest BCUT2D eigenvalue weighted by Crippen LogP contribution is -2.34. The molecule has 6 heteroatoms. The molecule has 2 aromatic rings. The standard InChI is InChI=1S/C29H27N3O2S/c1-18(21-9-4-6-11-24(21)30-3)23-12-8-13-25(31-23)29(34)32-16-15-20-17-27(19(2)33)35-28(20)22-10-5-7-14-26(22)32/h4-7,9-11,13-14,17H,8,12,15-16H2,1-3H3/b21-18+,30-24?. The summed E-state index contributed by atoms with van der Waals surface area (Å²) in [5.74, 6) is -0.00959. The van der Waals surface area contributed by atoms with Gasteiger partial charge in [0.25, 0.3) is 5.91 Å². The smallest absolute Gasteiger partial charge is 0.276 e. The third-order valence-corrected chi connectivity index (χ3v) is 7.93. The number of Topliss-reactive ketones (excluding diaryl/α,β-unsaturated/α-hetero) is 1. The zero-order valence-corrected chi connectivity index (χ0v) is 21.0. The fraction of sp³-hybridized carbons (Fsp3) is 0.241. The highest BCUT2D eigenvalue weighted by Gasteiger charge is 2.29. The van der Waals surface area contributed by atoms with Gasteiger partial charge in [-0.2, -0.15) is 0 Å². The number of aliphatic imine (C=N–C) groups is 2. The van der Waals surface area contributed by atoms with Gasteiger partial charge in [0.05, 0.1) is 16.3 Å². The minimum atomic E-state index is -0.0853. The molecule has 1 aromatic carbocycles. The lowest BCUT2D eigenvalue weighted by Gasteiger charge is -2.25. The summed E-state index contributed by atoms with van der Waals surface area (Å²) in [7, 11) is 1.79. The van der Waals surface area contributed by atoms with E-state index in [1.165, 1.54) is 11.3 Å². The van der Waals surface area contributed by atoms with Crippen molar-refractivity contribution >= 4 is 40.1 Å². The van der Waals surface area contributed by atoms with Gasteiger partial charge in [-0.05, 0) is 62.5 Å². The van der Waals surface area contributed by atoms with Crippen LogP contribution in [0, 0.1) is 0 Å². The minimum absolute atomic E-state index is 0.0757. The van der Waals surface area contributed by atoms with Crippen molar-refractivity contribution in [2.24, 2.45) is 9.98 Å². The van der Waals surface area contributed by atoms with E-state index in [4.69, 9.17) is 4.99 Å². The summed E-state index contributed by atoms with van der Waals surface area (Å²) in [6, 6.07) is 9.94. The van der Waals surface area contributed by atoms with Crippen LogP contribution in [-0.4, -0.2) is 36.7 Å². The molecule has 5 nitrogen and oxygen atoms in total. The molecular weight excluding hydrogens is 454 g/mol. The maximum Gasteiger partial charge on any atom is 0.276 e.